The molecule has 1 aromatic heterocycles. The lowest BCUT2D eigenvalue weighted by molar-refractivity contribution is -0.132. The summed E-state index contributed by atoms with van der Waals surface area (Å²) in [5.41, 5.74) is 0.465. The maximum Gasteiger partial charge on any atom is 0.254 e. The molecule has 2 aliphatic rings. The number of nitrogens with zero attached hydrogens (tertiary/aromatic N) is 1. The summed E-state index contributed by atoms with van der Waals surface area (Å²) in [6.45, 7) is 4.20. The fourth-order valence-electron chi connectivity index (χ4n) is 3.42. The van der Waals surface area contributed by atoms with Crippen LogP contribution in [0.2, 0.25) is 0 Å². The van der Waals surface area contributed by atoms with Crippen LogP contribution in [0.15, 0.2) is 11.4 Å². The van der Waals surface area contributed by atoms with Crippen molar-refractivity contribution in [3.8, 4) is 0 Å². The van der Waals surface area contributed by atoms with Crippen molar-refractivity contribution in [1.29, 1.82) is 0 Å². The molecule has 2 aliphatic heterocycles. The molecular weight excluding hydrogens is 284 g/mol. The van der Waals surface area contributed by atoms with Crippen molar-refractivity contribution in [2.75, 3.05) is 19.6 Å². The summed E-state index contributed by atoms with van der Waals surface area (Å²) in [5, 5.41) is 4.92. The first kappa shape index (κ1) is 14.6. The van der Waals surface area contributed by atoms with Gasteiger partial charge in [0.05, 0.1) is 11.0 Å². The highest BCUT2D eigenvalue weighted by molar-refractivity contribution is 7.10. The molecule has 3 rings (SSSR count). The second kappa shape index (κ2) is 5.79. The topological polar surface area (TPSA) is 49.4 Å². The quantitative estimate of drug-likeness (QED) is 0.932. The van der Waals surface area contributed by atoms with Gasteiger partial charge in [-0.25, -0.2) is 0 Å². The van der Waals surface area contributed by atoms with E-state index in [0.29, 0.717) is 13.1 Å². The van der Waals surface area contributed by atoms with Gasteiger partial charge in [-0.05, 0) is 31.7 Å². The van der Waals surface area contributed by atoms with Crippen LogP contribution < -0.4 is 5.32 Å². The Hall–Kier alpha value is -1.36. The lowest BCUT2D eigenvalue weighted by Gasteiger charge is -2.32. The number of thiophene rings is 1. The van der Waals surface area contributed by atoms with Gasteiger partial charge in [-0.15, -0.1) is 11.3 Å². The van der Waals surface area contributed by atoms with Gasteiger partial charge < -0.3 is 10.2 Å². The van der Waals surface area contributed by atoms with Gasteiger partial charge in [0, 0.05) is 29.9 Å². The molecule has 3 heterocycles. The number of carbonyl (C=O) groups is 2. The lowest BCUT2D eigenvalue weighted by Crippen LogP contribution is -2.47. The molecule has 2 amide bonds. The van der Waals surface area contributed by atoms with Crippen molar-refractivity contribution in [2.45, 2.75) is 39.0 Å². The smallest absolute Gasteiger partial charge is 0.254 e. The van der Waals surface area contributed by atoms with Gasteiger partial charge in [0.1, 0.15) is 0 Å². The number of amides is 2. The maximum atomic E-state index is 12.6. The molecule has 1 spiro atoms. The van der Waals surface area contributed by atoms with Crippen molar-refractivity contribution in [3.63, 3.8) is 0 Å². The standard InChI is InChI=1S/C16H22N2O2S/c1-2-4-13-9-12(10-21-13)14(19)18-8-6-16(11-18)5-3-7-17-15(16)20/h9-10H,2-8,11H2,1H3,(H,17,20)/t16-/m0/s1. The van der Waals surface area contributed by atoms with Crippen LogP contribution in [0.25, 0.3) is 0 Å². The Balaban J connectivity index is 1.70. The molecule has 0 bridgehead atoms. The summed E-state index contributed by atoms with van der Waals surface area (Å²) in [6.07, 6.45) is 4.86. The highest BCUT2D eigenvalue weighted by atomic mass is 32.1. The molecular formula is C16H22N2O2S. The molecule has 2 fully saturated rings. The van der Waals surface area contributed by atoms with Crippen LogP contribution in [-0.4, -0.2) is 36.3 Å². The average molecular weight is 306 g/mol. The number of aryl methyl sites for hydroxylation is 1. The molecule has 4 nitrogen and oxygen atoms in total. The highest BCUT2D eigenvalue weighted by Crippen LogP contribution is 2.38. The van der Waals surface area contributed by atoms with E-state index in [4.69, 9.17) is 0 Å². The Morgan fingerprint density at radius 2 is 2.33 bits per heavy atom. The van der Waals surface area contributed by atoms with E-state index in [-0.39, 0.29) is 17.2 Å². The third-order valence-corrected chi connectivity index (χ3v) is 5.63. The van der Waals surface area contributed by atoms with Crippen LogP contribution in [0.4, 0.5) is 0 Å². The Bertz CT molecular complexity index is 554. The van der Waals surface area contributed by atoms with Gasteiger partial charge in [-0.1, -0.05) is 13.3 Å². The Morgan fingerprint density at radius 3 is 3.10 bits per heavy atom. The monoisotopic (exact) mass is 306 g/mol. The van der Waals surface area contributed by atoms with Crippen molar-refractivity contribution in [2.24, 2.45) is 5.41 Å². The van der Waals surface area contributed by atoms with Crippen molar-refractivity contribution >= 4 is 23.2 Å². The first-order chi connectivity index (χ1) is 10.1. The van der Waals surface area contributed by atoms with E-state index in [9.17, 15) is 9.59 Å². The fourth-order valence-corrected chi connectivity index (χ4v) is 4.38. The first-order valence-electron chi connectivity index (χ1n) is 7.80. The minimum Gasteiger partial charge on any atom is -0.356 e. The molecule has 114 valence electrons. The summed E-state index contributed by atoms with van der Waals surface area (Å²) in [6, 6.07) is 2.02. The highest BCUT2D eigenvalue weighted by Gasteiger charge is 2.46. The lowest BCUT2D eigenvalue weighted by atomic mass is 9.79. The Morgan fingerprint density at radius 1 is 1.48 bits per heavy atom. The van der Waals surface area contributed by atoms with Crippen LogP contribution in [-0.2, 0) is 11.2 Å². The van der Waals surface area contributed by atoms with Gasteiger partial charge in [-0.3, -0.25) is 9.59 Å². The molecule has 1 aromatic rings. The third-order valence-electron chi connectivity index (χ3n) is 4.64. The van der Waals surface area contributed by atoms with Gasteiger partial charge in [-0.2, -0.15) is 0 Å². The molecule has 1 N–H and O–H groups in total. The zero-order valence-corrected chi connectivity index (χ0v) is 13.3. The second-order valence-electron chi connectivity index (χ2n) is 6.17. The van der Waals surface area contributed by atoms with Crippen LogP contribution in [0.3, 0.4) is 0 Å². The number of hydrogen-bond acceptors (Lipinski definition) is 3. The number of hydrogen-bond donors (Lipinski definition) is 1. The third kappa shape index (κ3) is 2.71. The molecule has 0 saturated carbocycles. The SMILES string of the molecule is CCCc1cc(C(=O)N2CC[C@@]3(CCCNC3=O)C2)cs1. The molecule has 2 saturated heterocycles. The predicted octanol–water partition coefficient (Wildman–Crippen LogP) is 2.44. The van der Waals surface area contributed by atoms with Gasteiger partial charge in [0.15, 0.2) is 0 Å². The molecule has 0 unspecified atom stereocenters. The Labute approximate surface area is 129 Å². The molecule has 5 heteroatoms. The summed E-state index contributed by atoms with van der Waals surface area (Å²) < 4.78 is 0. The molecule has 0 aliphatic carbocycles. The predicted molar refractivity (Wildman–Crippen MR) is 83.5 cm³/mol. The Kier molecular flexibility index (Phi) is 4.02. The van der Waals surface area contributed by atoms with Gasteiger partial charge in [0.25, 0.3) is 5.91 Å². The van der Waals surface area contributed by atoms with E-state index >= 15 is 0 Å². The molecule has 0 aromatic carbocycles. The van der Waals surface area contributed by atoms with E-state index < -0.39 is 0 Å². The number of piperidine rings is 1. The fraction of sp³-hybridized carbons (Fsp3) is 0.625. The van der Waals surface area contributed by atoms with E-state index in [1.807, 2.05) is 16.3 Å². The van der Waals surface area contributed by atoms with E-state index in [1.54, 1.807) is 11.3 Å². The molecule has 21 heavy (non-hydrogen) atoms. The average Bonchev–Trinajstić information content (AvgIpc) is 3.10. The summed E-state index contributed by atoms with van der Waals surface area (Å²) >= 11 is 1.66. The van der Waals surface area contributed by atoms with Crippen LogP contribution in [0, 0.1) is 5.41 Å². The van der Waals surface area contributed by atoms with E-state index in [0.717, 1.165) is 44.2 Å². The zero-order valence-electron chi connectivity index (χ0n) is 12.5. The van der Waals surface area contributed by atoms with Gasteiger partial charge in [0.2, 0.25) is 5.91 Å². The molecule has 1 atom stereocenters. The largest absolute Gasteiger partial charge is 0.356 e. The molecule has 0 radical (unpaired) electrons. The second-order valence-corrected chi connectivity index (χ2v) is 7.16. The van der Waals surface area contributed by atoms with E-state index in [1.165, 1.54) is 4.88 Å². The summed E-state index contributed by atoms with van der Waals surface area (Å²) in [7, 11) is 0. The van der Waals surface area contributed by atoms with Gasteiger partial charge >= 0.3 is 0 Å². The van der Waals surface area contributed by atoms with Crippen LogP contribution >= 0.6 is 11.3 Å². The number of nitrogens with one attached hydrogen (secondary N) is 1. The normalized spacial score (nSPS) is 25.4. The number of carbonyl (C=O) groups excluding carboxylic acids is 2. The summed E-state index contributed by atoms with van der Waals surface area (Å²) in [5.74, 6) is 0.227. The van der Waals surface area contributed by atoms with Crippen LogP contribution in [0.1, 0.15) is 47.8 Å². The zero-order chi connectivity index (χ0) is 14.9. The number of rotatable bonds is 3. The maximum absolute atomic E-state index is 12.6. The number of likely N-dealkylation sites (tertiary alicyclic amines) is 1. The van der Waals surface area contributed by atoms with E-state index in [2.05, 4.69) is 12.2 Å². The van der Waals surface area contributed by atoms with Crippen molar-refractivity contribution < 1.29 is 9.59 Å². The van der Waals surface area contributed by atoms with Crippen molar-refractivity contribution in [1.82, 2.24) is 10.2 Å². The summed E-state index contributed by atoms with van der Waals surface area (Å²) in [4.78, 5) is 27.9. The first-order valence-corrected chi connectivity index (χ1v) is 8.67. The van der Waals surface area contributed by atoms with Crippen LogP contribution in [0.5, 0.6) is 0 Å². The van der Waals surface area contributed by atoms with Crippen molar-refractivity contribution in [3.05, 3.63) is 21.9 Å². The minimum absolute atomic E-state index is 0.0869. The minimum atomic E-state index is -0.323.